The second kappa shape index (κ2) is 8.53. The summed E-state index contributed by atoms with van der Waals surface area (Å²) in [6.07, 6.45) is 0.948. The van der Waals surface area contributed by atoms with E-state index in [9.17, 15) is 9.59 Å². The number of hydrogen-bond donors (Lipinski definition) is 1. The Hall–Kier alpha value is -4.65. The second-order valence-electron chi connectivity index (χ2n) is 8.98. The van der Waals surface area contributed by atoms with Crippen LogP contribution in [-0.4, -0.2) is 23.0 Å². The van der Waals surface area contributed by atoms with E-state index in [0.29, 0.717) is 28.0 Å². The van der Waals surface area contributed by atoms with Crippen LogP contribution in [-0.2, 0) is 6.42 Å². The summed E-state index contributed by atoms with van der Waals surface area (Å²) < 4.78 is 17.1. The molecular formula is C29H22N2O5. The largest absolute Gasteiger partial charge is 0.490 e. The molecule has 0 bridgehead atoms. The zero-order valence-corrected chi connectivity index (χ0v) is 19.7. The summed E-state index contributed by atoms with van der Waals surface area (Å²) in [6.45, 7) is 3.97. The normalized spacial score (nSPS) is 14.4. The fourth-order valence-electron chi connectivity index (χ4n) is 4.44. The van der Waals surface area contributed by atoms with Crippen molar-refractivity contribution in [2.75, 3.05) is 5.32 Å². The number of rotatable bonds is 5. The number of furan rings is 1. The topological polar surface area (TPSA) is 94.6 Å². The molecule has 3 aromatic carbocycles. The van der Waals surface area contributed by atoms with Crippen LogP contribution in [0.25, 0.3) is 22.3 Å². The number of nitrogens with one attached hydrogen (secondary N) is 1. The molecule has 5 aromatic rings. The summed E-state index contributed by atoms with van der Waals surface area (Å²) in [6, 6.07) is 21.7. The lowest BCUT2D eigenvalue weighted by atomic mass is 10.0. The SMILES string of the molecule is Cc1ccc(C(=O)c2oc3ccccc3c2NC(=O)c2cc(-c3ccc4c(c3)C[C@@H](C)O4)on2)cc1. The standard InChI is InChI=1S/C29H22N2O5/c1-16-7-9-18(10-8-16)27(32)28-26(21-5-3-4-6-24(21)35-28)30-29(33)22-15-25(36-31-22)19-11-12-23-20(14-19)13-17(2)34-23/h3-12,14-15,17H,13H2,1-2H3,(H,30,33)/t17-/m1/s1. The van der Waals surface area contributed by atoms with Gasteiger partial charge in [0.1, 0.15) is 17.4 Å². The molecule has 36 heavy (non-hydrogen) atoms. The molecule has 2 aromatic heterocycles. The molecule has 0 fully saturated rings. The van der Waals surface area contributed by atoms with Crippen LogP contribution < -0.4 is 10.1 Å². The molecule has 3 heterocycles. The zero-order valence-electron chi connectivity index (χ0n) is 19.7. The molecule has 0 unspecified atom stereocenters. The minimum atomic E-state index is -0.507. The van der Waals surface area contributed by atoms with Gasteiger partial charge in [-0.2, -0.15) is 0 Å². The van der Waals surface area contributed by atoms with Gasteiger partial charge in [0.15, 0.2) is 17.2 Å². The maximum absolute atomic E-state index is 13.3. The highest BCUT2D eigenvalue weighted by Gasteiger charge is 2.25. The van der Waals surface area contributed by atoms with Crippen molar-refractivity contribution in [3.63, 3.8) is 0 Å². The molecule has 1 aliphatic heterocycles. The molecule has 1 N–H and O–H groups in total. The number of aromatic nitrogens is 1. The first-order chi connectivity index (χ1) is 17.5. The van der Waals surface area contributed by atoms with Crippen molar-refractivity contribution in [3.05, 3.63) is 101 Å². The van der Waals surface area contributed by atoms with Crippen molar-refractivity contribution < 1.29 is 23.3 Å². The van der Waals surface area contributed by atoms with Crippen LogP contribution in [0.3, 0.4) is 0 Å². The van der Waals surface area contributed by atoms with Crippen LogP contribution in [0, 0.1) is 6.92 Å². The van der Waals surface area contributed by atoms with Gasteiger partial charge >= 0.3 is 0 Å². The van der Waals surface area contributed by atoms with Crippen molar-refractivity contribution in [1.29, 1.82) is 0 Å². The molecule has 178 valence electrons. The molecule has 0 aliphatic carbocycles. The molecule has 0 spiro atoms. The highest BCUT2D eigenvalue weighted by molar-refractivity contribution is 6.18. The van der Waals surface area contributed by atoms with Gasteiger partial charge in [0.2, 0.25) is 5.78 Å². The summed E-state index contributed by atoms with van der Waals surface area (Å²) in [5, 5.41) is 7.42. The van der Waals surface area contributed by atoms with Gasteiger partial charge in [0.25, 0.3) is 5.91 Å². The summed E-state index contributed by atoms with van der Waals surface area (Å²) in [5.74, 6) is 0.561. The van der Waals surface area contributed by atoms with Crippen molar-refractivity contribution in [2.24, 2.45) is 0 Å². The Labute approximate surface area is 206 Å². The molecule has 0 saturated heterocycles. The number of amides is 1. The van der Waals surface area contributed by atoms with Gasteiger partial charge in [-0.05, 0) is 49.7 Å². The number of anilines is 1. The number of carbonyl (C=O) groups excluding carboxylic acids is 2. The number of fused-ring (bicyclic) bond motifs is 2. The van der Waals surface area contributed by atoms with E-state index < -0.39 is 5.91 Å². The number of ether oxygens (including phenoxy) is 1. The highest BCUT2D eigenvalue weighted by Crippen LogP contribution is 2.35. The number of hydrogen-bond acceptors (Lipinski definition) is 6. The minimum absolute atomic E-state index is 0.0601. The van der Waals surface area contributed by atoms with Gasteiger partial charge in [-0.1, -0.05) is 47.1 Å². The van der Waals surface area contributed by atoms with Crippen molar-refractivity contribution >= 4 is 28.3 Å². The fraction of sp³-hybridized carbons (Fsp3) is 0.138. The number of nitrogens with zero attached hydrogens (tertiary/aromatic N) is 1. The monoisotopic (exact) mass is 478 g/mol. The van der Waals surface area contributed by atoms with Gasteiger partial charge in [-0.15, -0.1) is 0 Å². The first kappa shape index (κ1) is 21.9. The molecule has 6 rings (SSSR count). The third-order valence-electron chi connectivity index (χ3n) is 6.28. The number of aryl methyl sites for hydroxylation is 1. The van der Waals surface area contributed by atoms with Crippen LogP contribution in [0.4, 0.5) is 5.69 Å². The van der Waals surface area contributed by atoms with E-state index in [1.807, 2.05) is 56.3 Å². The lowest BCUT2D eigenvalue weighted by Crippen LogP contribution is -2.14. The third kappa shape index (κ3) is 3.84. The Morgan fingerprint density at radius 2 is 1.81 bits per heavy atom. The van der Waals surface area contributed by atoms with E-state index in [-0.39, 0.29) is 23.3 Å². The summed E-state index contributed by atoms with van der Waals surface area (Å²) in [5.41, 5.74) is 4.29. The lowest BCUT2D eigenvalue weighted by molar-refractivity contribution is 0.101. The van der Waals surface area contributed by atoms with Crippen LogP contribution in [0.15, 0.2) is 81.7 Å². The van der Waals surface area contributed by atoms with Crippen molar-refractivity contribution in [1.82, 2.24) is 5.16 Å². The number of benzene rings is 3. The molecular weight excluding hydrogens is 456 g/mol. The highest BCUT2D eigenvalue weighted by atomic mass is 16.5. The number of carbonyl (C=O) groups is 2. The van der Waals surface area contributed by atoms with E-state index in [1.165, 1.54) is 0 Å². The maximum atomic E-state index is 13.3. The minimum Gasteiger partial charge on any atom is -0.490 e. The van der Waals surface area contributed by atoms with E-state index >= 15 is 0 Å². The van der Waals surface area contributed by atoms with Crippen LogP contribution in [0.2, 0.25) is 0 Å². The first-order valence-corrected chi connectivity index (χ1v) is 11.7. The van der Waals surface area contributed by atoms with E-state index in [1.54, 1.807) is 30.3 Å². The first-order valence-electron chi connectivity index (χ1n) is 11.7. The van der Waals surface area contributed by atoms with Gasteiger partial charge in [0.05, 0.1) is 5.69 Å². The number of para-hydroxylation sites is 1. The summed E-state index contributed by atoms with van der Waals surface area (Å²) in [7, 11) is 0. The average molecular weight is 479 g/mol. The Kier molecular flexibility index (Phi) is 5.18. The maximum Gasteiger partial charge on any atom is 0.277 e. The van der Waals surface area contributed by atoms with Gasteiger partial charge in [-0.25, -0.2) is 0 Å². The van der Waals surface area contributed by atoms with E-state index in [4.69, 9.17) is 13.7 Å². The number of ketones is 1. The molecule has 7 heteroatoms. The van der Waals surface area contributed by atoms with Gasteiger partial charge < -0.3 is 19.0 Å². The van der Waals surface area contributed by atoms with E-state index in [2.05, 4.69) is 10.5 Å². The quantitative estimate of drug-likeness (QED) is 0.302. The van der Waals surface area contributed by atoms with Gasteiger partial charge in [-0.3, -0.25) is 9.59 Å². The predicted molar refractivity (Wildman–Crippen MR) is 135 cm³/mol. The Morgan fingerprint density at radius 3 is 2.64 bits per heavy atom. The summed E-state index contributed by atoms with van der Waals surface area (Å²) in [4.78, 5) is 26.5. The van der Waals surface area contributed by atoms with Crippen molar-refractivity contribution in [2.45, 2.75) is 26.4 Å². The Balaban J connectivity index is 1.31. The molecule has 1 atom stereocenters. The molecule has 1 aliphatic rings. The van der Waals surface area contributed by atoms with E-state index in [0.717, 1.165) is 28.9 Å². The van der Waals surface area contributed by atoms with Crippen LogP contribution >= 0.6 is 0 Å². The zero-order chi connectivity index (χ0) is 24.8. The van der Waals surface area contributed by atoms with Crippen molar-refractivity contribution in [3.8, 4) is 17.1 Å². The summed E-state index contributed by atoms with van der Waals surface area (Å²) >= 11 is 0. The molecule has 1 amide bonds. The third-order valence-corrected chi connectivity index (χ3v) is 6.28. The average Bonchev–Trinajstić information content (AvgIpc) is 3.60. The molecule has 0 radical (unpaired) electrons. The Morgan fingerprint density at radius 1 is 1.00 bits per heavy atom. The van der Waals surface area contributed by atoms with Crippen LogP contribution in [0.5, 0.6) is 5.75 Å². The van der Waals surface area contributed by atoms with Gasteiger partial charge in [0, 0.05) is 29.0 Å². The lowest BCUT2D eigenvalue weighted by Gasteiger charge is -2.05. The second-order valence-corrected chi connectivity index (χ2v) is 8.98. The smallest absolute Gasteiger partial charge is 0.277 e. The molecule has 0 saturated carbocycles. The Bertz CT molecular complexity index is 1630. The van der Waals surface area contributed by atoms with Crippen LogP contribution in [0.1, 0.15) is 44.7 Å². The fourth-order valence-corrected chi connectivity index (χ4v) is 4.44. The molecule has 7 nitrogen and oxygen atoms in total. The predicted octanol–water partition coefficient (Wildman–Crippen LogP) is 6.20.